The van der Waals surface area contributed by atoms with Gasteiger partial charge in [-0.1, -0.05) is 12.2 Å². The quantitative estimate of drug-likeness (QED) is 0.821. The van der Waals surface area contributed by atoms with Crippen molar-refractivity contribution in [3.8, 4) is 0 Å². The minimum absolute atomic E-state index is 0.157. The number of carbonyl (C=O) groups excluding carboxylic acids is 1. The molecule has 120 valence electrons. The number of nitrogens with one attached hydrogen (secondary N) is 1. The van der Waals surface area contributed by atoms with Gasteiger partial charge in [-0.2, -0.15) is 0 Å². The molecule has 2 heterocycles. The van der Waals surface area contributed by atoms with E-state index in [0.29, 0.717) is 18.9 Å². The maximum absolute atomic E-state index is 12.2. The van der Waals surface area contributed by atoms with E-state index in [1.807, 2.05) is 19.1 Å². The Morgan fingerprint density at radius 3 is 2.86 bits per heavy atom. The topological polar surface area (TPSA) is 45.5 Å². The first-order valence-electron chi connectivity index (χ1n) is 8.46. The summed E-state index contributed by atoms with van der Waals surface area (Å²) in [6.07, 6.45) is 9.65. The maximum atomic E-state index is 12.2. The lowest BCUT2D eigenvalue weighted by Crippen LogP contribution is -2.37. The Balaban J connectivity index is 1.57. The minimum Gasteiger partial charge on any atom is -0.465 e. The van der Waals surface area contributed by atoms with Crippen LogP contribution < -0.4 is 5.32 Å². The first kappa shape index (κ1) is 15.3. The molecule has 0 spiro atoms. The van der Waals surface area contributed by atoms with E-state index in [9.17, 15) is 4.79 Å². The van der Waals surface area contributed by atoms with Gasteiger partial charge in [-0.15, -0.1) is 0 Å². The number of aryl methyl sites for hydroxylation is 1. The second kappa shape index (κ2) is 7.14. The third kappa shape index (κ3) is 3.80. The second-order valence-corrected chi connectivity index (χ2v) is 6.48. The average Bonchev–Trinajstić information content (AvgIpc) is 3.22. The summed E-state index contributed by atoms with van der Waals surface area (Å²) in [6, 6.07) is 4.22. The van der Waals surface area contributed by atoms with Crippen LogP contribution in [0.25, 0.3) is 0 Å². The van der Waals surface area contributed by atoms with Crippen LogP contribution in [0, 0.1) is 12.8 Å². The van der Waals surface area contributed by atoms with Crippen molar-refractivity contribution in [3.63, 3.8) is 0 Å². The van der Waals surface area contributed by atoms with Gasteiger partial charge in [-0.05, 0) is 63.7 Å². The van der Waals surface area contributed by atoms with Gasteiger partial charge in [0.05, 0.1) is 6.04 Å². The Morgan fingerprint density at radius 2 is 2.23 bits per heavy atom. The molecule has 1 saturated heterocycles. The SMILES string of the molecule is Cc1ccc(C(CNC(=O)CC2C=CCC2)N2CCCC2)o1. The molecular formula is C18H26N2O2. The maximum Gasteiger partial charge on any atom is 0.220 e. The molecule has 0 bridgehead atoms. The number of furan rings is 1. The summed E-state index contributed by atoms with van der Waals surface area (Å²) in [7, 11) is 0. The van der Waals surface area contributed by atoms with E-state index in [2.05, 4.69) is 22.4 Å². The van der Waals surface area contributed by atoms with Crippen molar-refractivity contribution in [1.82, 2.24) is 10.2 Å². The van der Waals surface area contributed by atoms with Crippen molar-refractivity contribution in [2.45, 2.75) is 45.1 Å². The molecule has 4 nitrogen and oxygen atoms in total. The van der Waals surface area contributed by atoms with Gasteiger partial charge in [0.15, 0.2) is 0 Å². The Bertz CT molecular complexity index is 529. The molecule has 1 aromatic heterocycles. The fourth-order valence-electron chi connectivity index (χ4n) is 3.48. The summed E-state index contributed by atoms with van der Waals surface area (Å²) in [4.78, 5) is 14.6. The lowest BCUT2D eigenvalue weighted by atomic mass is 10.0. The number of hydrogen-bond acceptors (Lipinski definition) is 3. The number of nitrogens with zero attached hydrogens (tertiary/aromatic N) is 1. The summed E-state index contributed by atoms with van der Waals surface area (Å²) in [5.41, 5.74) is 0. The Hall–Kier alpha value is -1.55. The Labute approximate surface area is 132 Å². The molecule has 1 aliphatic carbocycles. The van der Waals surface area contributed by atoms with Gasteiger partial charge in [0.1, 0.15) is 11.5 Å². The fourth-order valence-corrected chi connectivity index (χ4v) is 3.48. The number of likely N-dealkylation sites (tertiary alicyclic amines) is 1. The van der Waals surface area contributed by atoms with Crippen molar-refractivity contribution in [2.24, 2.45) is 5.92 Å². The highest BCUT2D eigenvalue weighted by molar-refractivity contribution is 5.76. The summed E-state index contributed by atoms with van der Waals surface area (Å²) in [5, 5.41) is 3.12. The van der Waals surface area contributed by atoms with E-state index in [1.54, 1.807) is 0 Å². The Morgan fingerprint density at radius 1 is 1.41 bits per heavy atom. The van der Waals surface area contributed by atoms with Crippen molar-refractivity contribution in [2.75, 3.05) is 19.6 Å². The predicted octanol–water partition coefficient (Wildman–Crippen LogP) is 3.20. The standard InChI is InChI=1S/C18H26N2O2/c1-14-8-9-17(22-14)16(20-10-4-5-11-20)13-19-18(21)12-15-6-2-3-7-15/h2,6,8-9,15-16H,3-5,7,10-13H2,1H3,(H,19,21). The van der Waals surface area contributed by atoms with Crippen LogP contribution in [0.4, 0.5) is 0 Å². The summed E-state index contributed by atoms with van der Waals surface area (Å²) >= 11 is 0. The molecule has 1 amide bonds. The minimum atomic E-state index is 0.157. The van der Waals surface area contributed by atoms with E-state index in [1.165, 1.54) is 12.8 Å². The number of amides is 1. The van der Waals surface area contributed by atoms with Crippen LogP contribution in [0.1, 0.15) is 49.7 Å². The molecule has 0 radical (unpaired) electrons. The molecule has 1 aromatic rings. The van der Waals surface area contributed by atoms with Gasteiger partial charge in [-0.25, -0.2) is 0 Å². The number of allylic oxidation sites excluding steroid dienone is 2. The molecule has 3 rings (SSSR count). The number of carbonyl (C=O) groups is 1. The van der Waals surface area contributed by atoms with Crippen molar-refractivity contribution in [1.29, 1.82) is 0 Å². The van der Waals surface area contributed by atoms with Crippen LogP contribution in [0.5, 0.6) is 0 Å². The highest BCUT2D eigenvalue weighted by atomic mass is 16.3. The first-order chi connectivity index (χ1) is 10.7. The molecule has 22 heavy (non-hydrogen) atoms. The van der Waals surface area contributed by atoms with Gasteiger partial charge in [0, 0.05) is 13.0 Å². The van der Waals surface area contributed by atoms with Crippen LogP contribution in [-0.4, -0.2) is 30.4 Å². The second-order valence-electron chi connectivity index (χ2n) is 6.48. The zero-order valence-electron chi connectivity index (χ0n) is 13.4. The van der Waals surface area contributed by atoms with Crippen LogP contribution in [-0.2, 0) is 4.79 Å². The van der Waals surface area contributed by atoms with E-state index >= 15 is 0 Å². The number of rotatable bonds is 6. The molecule has 0 saturated carbocycles. The molecule has 2 atom stereocenters. The summed E-state index contributed by atoms with van der Waals surface area (Å²) < 4.78 is 5.82. The predicted molar refractivity (Wildman–Crippen MR) is 86.5 cm³/mol. The zero-order chi connectivity index (χ0) is 15.4. The molecule has 1 aliphatic heterocycles. The monoisotopic (exact) mass is 302 g/mol. The van der Waals surface area contributed by atoms with E-state index in [4.69, 9.17) is 4.42 Å². The average molecular weight is 302 g/mol. The molecule has 2 aliphatic rings. The molecule has 1 fully saturated rings. The summed E-state index contributed by atoms with van der Waals surface area (Å²) in [5.74, 6) is 2.49. The van der Waals surface area contributed by atoms with Gasteiger partial charge < -0.3 is 9.73 Å². The van der Waals surface area contributed by atoms with E-state index in [-0.39, 0.29) is 11.9 Å². The molecule has 0 aromatic carbocycles. The van der Waals surface area contributed by atoms with Gasteiger partial charge >= 0.3 is 0 Å². The smallest absolute Gasteiger partial charge is 0.220 e. The Kier molecular flexibility index (Phi) is 4.98. The van der Waals surface area contributed by atoms with Gasteiger partial charge in [-0.3, -0.25) is 9.69 Å². The van der Waals surface area contributed by atoms with Gasteiger partial charge in [0.2, 0.25) is 5.91 Å². The lowest BCUT2D eigenvalue weighted by molar-refractivity contribution is -0.122. The number of hydrogen-bond donors (Lipinski definition) is 1. The molecule has 4 heteroatoms. The van der Waals surface area contributed by atoms with Crippen molar-refractivity contribution in [3.05, 3.63) is 35.8 Å². The highest BCUT2D eigenvalue weighted by Gasteiger charge is 2.26. The fraction of sp³-hybridized carbons (Fsp3) is 0.611. The van der Waals surface area contributed by atoms with E-state index in [0.717, 1.165) is 37.5 Å². The van der Waals surface area contributed by atoms with Crippen LogP contribution >= 0.6 is 0 Å². The third-order valence-electron chi connectivity index (χ3n) is 4.72. The lowest BCUT2D eigenvalue weighted by Gasteiger charge is -2.26. The normalized spacial score (nSPS) is 23.0. The highest BCUT2D eigenvalue weighted by Crippen LogP contribution is 2.26. The largest absolute Gasteiger partial charge is 0.465 e. The summed E-state index contributed by atoms with van der Waals surface area (Å²) in [6.45, 7) is 4.79. The van der Waals surface area contributed by atoms with Crippen molar-refractivity contribution >= 4 is 5.91 Å². The van der Waals surface area contributed by atoms with Crippen LogP contribution in [0.3, 0.4) is 0 Å². The first-order valence-corrected chi connectivity index (χ1v) is 8.46. The van der Waals surface area contributed by atoms with E-state index < -0.39 is 0 Å². The molecule has 1 N–H and O–H groups in total. The molecular weight excluding hydrogens is 276 g/mol. The van der Waals surface area contributed by atoms with Gasteiger partial charge in [0.25, 0.3) is 0 Å². The third-order valence-corrected chi connectivity index (χ3v) is 4.72. The van der Waals surface area contributed by atoms with Crippen LogP contribution in [0.2, 0.25) is 0 Å². The molecule has 2 unspecified atom stereocenters. The van der Waals surface area contributed by atoms with Crippen LogP contribution in [0.15, 0.2) is 28.7 Å². The van der Waals surface area contributed by atoms with Crippen molar-refractivity contribution < 1.29 is 9.21 Å². The zero-order valence-corrected chi connectivity index (χ0v) is 13.4.